The number of ether oxygens (including phenoxy) is 2. The van der Waals surface area contributed by atoms with E-state index < -0.39 is 0 Å². The summed E-state index contributed by atoms with van der Waals surface area (Å²) in [5.74, 6) is 3.17. The lowest BCUT2D eigenvalue weighted by Crippen LogP contribution is -2.15. The second-order valence-electron chi connectivity index (χ2n) is 6.08. The Kier molecular flexibility index (Phi) is 5.65. The zero-order chi connectivity index (χ0) is 19.2. The Labute approximate surface area is 164 Å². The molecule has 1 unspecified atom stereocenters. The molecule has 0 fully saturated rings. The number of rotatable bonds is 8. The number of aromatic amines is 1. The molecule has 0 saturated heterocycles. The highest BCUT2D eigenvalue weighted by Gasteiger charge is 2.17. The Balaban J connectivity index is 1.32. The number of nitrogens with one attached hydrogen (secondary N) is 2. The van der Waals surface area contributed by atoms with E-state index in [0.29, 0.717) is 12.7 Å². The van der Waals surface area contributed by atoms with Crippen LogP contribution in [0.2, 0.25) is 0 Å². The first-order chi connectivity index (χ1) is 13.8. The van der Waals surface area contributed by atoms with Gasteiger partial charge in [0.05, 0.1) is 6.07 Å². The van der Waals surface area contributed by atoms with E-state index in [2.05, 4.69) is 26.3 Å². The van der Waals surface area contributed by atoms with Gasteiger partial charge in [-0.3, -0.25) is 9.55 Å². The molecule has 0 bridgehead atoms. The van der Waals surface area contributed by atoms with Crippen molar-refractivity contribution in [3.8, 4) is 23.5 Å². The van der Waals surface area contributed by atoms with Crippen molar-refractivity contribution in [2.24, 2.45) is 4.99 Å². The summed E-state index contributed by atoms with van der Waals surface area (Å²) in [4.78, 5) is 12.3. The fourth-order valence-corrected chi connectivity index (χ4v) is 4.36. The lowest BCUT2D eigenvalue weighted by Gasteiger charge is -2.04. The van der Waals surface area contributed by atoms with Gasteiger partial charge in [-0.25, -0.2) is 9.98 Å². The van der Waals surface area contributed by atoms with E-state index in [-0.39, 0.29) is 17.2 Å². The highest BCUT2D eigenvalue weighted by Crippen LogP contribution is 2.32. The molecule has 144 valence electrons. The third kappa shape index (κ3) is 4.21. The number of nitrogens with zero attached hydrogens (tertiary/aromatic N) is 5. The van der Waals surface area contributed by atoms with Crippen LogP contribution in [-0.2, 0) is 12.3 Å². The van der Waals surface area contributed by atoms with E-state index in [1.165, 1.54) is 0 Å². The molecular weight excluding hydrogens is 378 g/mol. The van der Waals surface area contributed by atoms with Crippen molar-refractivity contribution in [2.75, 3.05) is 19.9 Å². The molecule has 0 saturated carbocycles. The van der Waals surface area contributed by atoms with Gasteiger partial charge in [0.1, 0.15) is 23.5 Å². The standard InChI is InChI=1S/C18H20N7O2S/c19-4-6-22-18-23-17(25-8-7-21-12-25)24-28(18)9-1-5-20-11-14-2-3-15-16(10-14)27-13-26-15/h2-3,7-8,10,12,20H,1,5-6,9,11,13H2,(H,22,23,24)/q+1. The van der Waals surface area contributed by atoms with Crippen molar-refractivity contribution in [2.45, 2.75) is 18.7 Å². The van der Waals surface area contributed by atoms with Gasteiger partial charge < -0.3 is 14.8 Å². The highest BCUT2D eigenvalue weighted by atomic mass is 32.2. The Morgan fingerprint density at radius 1 is 1.36 bits per heavy atom. The maximum absolute atomic E-state index is 8.81. The molecular formula is C18H20N7O2S+. The third-order valence-corrected chi connectivity index (χ3v) is 5.88. The number of nitriles is 1. The number of H-pyrrole nitrogens is 1. The second-order valence-corrected chi connectivity index (χ2v) is 7.78. The molecule has 0 aliphatic carbocycles. The van der Waals surface area contributed by atoms with Gasteiger partial charge in [-0.2, -0.15) is 5.26 Å². The largest absolute Gasteiger partial charge is 0.454 e. The number of aromatic nitrogens is 4. The van der Waals surface area contributed by atoms with Crippen LogP contribution in [0.25, 0.3) is 5.95 Å². The van der Waals surface area contributed by atoms with Gasteiger partial charge in [0, 0.05) is 36.3 Å². The fourth-order valence-electron chi connectivity index (χ4n) is 2.80. The van der Waals surface area contributed by atoms with Crippen molar-refractivity contribution >= 4 is 10.7 Å². The van der Waals surface area contributed by atoms with E-state index in [9.17, 15) is 0 Å². The molecule has 1 aliphatic heterocycles. The van der Waals surface area contributed by atoms with Crippen molar-refractivity contribution in [1.29, 1.82) is 5.26 Å². The lowest BCUT2D eigenvalue weighted by atomic mass is 10.2. The van der Waals surface area contributed by atoms with Crippen molar-refractivity contribution < 1.29 is 9.47 Å². The summed E-state index contributed by atoms with van der Waals surface area (Å²) in [5, 5.41) is 12.3. The highest BCUT2D eigenvalue weighted by molar-refractivity contribution is 7.23. The van der Waals surface area contributed by atoms with E-state index in [4.69, 9.17) is 19.1 Å². The molecule has 0 spiro atoms. The molecule has 3 aromatic rings. The van der Waals surface area contributed by atoms with Gasteiger partial charge in [-0.05, 0) is 17.7 Å². The zero-order valence-electron chi connectivity index (χ0n) is 15.2. The van der Waals surface area contributed by atoms with Crippen molar-refractivity contribution in [3.05, 3.63) is 47.3 Å². The van der Waals surface area contributed by atoms with E-state index in [0.717, 1.165) is 47.1 Å². The molecule has 10 heteroatoms. The SMILES string of the molecule is N#CCN=c1[nH]c(-n2ccnc2)n[s+]1CCCNCc1ccc2c(c1)OCO2. The average Bonchev–Trinajstić information content (AvgIpc) is 3.45. The second kappa shape index (κ2) is 8.69. The van der Waals surface area contributed by atoms with Crippen LogP contribution in [0.1, 0.15) is 12.0 Å². The first-order valence-corrected chi connectivity index (χ1v) is 10.2. The summed E-state index contributed by atoms with van der Waals surface area (Å²) in [7, 11) is -0.379. The van der Waals surface area contributed by atoms with Gasteiger partial charge in [-0.15, -0.1) is 0 Å². The topological polar surface area (TPSA) is 113 Å². The van der Waals surface area contributed by atoms with Gasteiger partial charge >= 0.3 is 4.80 Å². The molecule has 2 N–H and O–H groups in total. The van der Waals surface area contributed by atoms with Gasteiger partial charge in [-0.1, -0.05) is 6.07 Å². The Morgan fingerprint density at radius 2 is 2.29 bits per heavy atom. The number of hydrogen-bond acceptors (Lipinski definition) is 7. The Hall–Kier alpha value is -3.16. The van der Waals surface area contributed by atoms with Crippen LogP contribution < -0.4 is 19.6 Å². The molecule has 1 aliphatic rings. The predicted octanol–water partition coefficient (Wildman–Crippen LogP) is 1.68. The minimum atomic E-state index is -0.379. The van der Waals surface area contributed by atoms with Crippen LogP contribution in [0.15, 0.2) is 41.9 Å². The maximum Gasteiger partial charge on any atom is 0.367 e. The molecule has 1 atom stereocenters. The molecule has 3 heterocycles. The summed E-state index contributed by atoms with van der Waals surface area (Å²) in [5.41, 5.74) is 1.16. The van der Waals surface area contributed by atoms with Gasteiger partial charge in [0.2, 0.25) is 6.79 Å². The Bertz CT molecular complexity index is 1030. The first kappa shape index (κ1) is 18.2. The van der Waals surface area contributed by atoms with Gasteiger partial charge in [0.25, 0.3) is 5.95 Å². The monoisotopic (exact) mass is 398 g/mol. The number of hydrogen-bond donors (Lipinski definition) is 2. The van der Waals surface area contributed by atoms with Gasteiger partial charge in [0.15, 0.2) is 17.3 Å². The smallest absolute Gasteiger partial charge is 0.367 e. The molecule has 0 amide bonds. The Morgan fingerprint density at radius 3 is 3.14 bits per heavy atom. The molecule has 2 aromatic heterocycles. The quantitative estimate of drug-likeness (QED) is 0.339. The minimum Gasteiger partial charge on any atom is -0.454 e. The number of benzene rings is 1. The number of imidazole rings is 1. The molecule has 4 rings (SSSR count). The first-order valence-electron chi connectivity index (χ1n) is 8.89. The summed E-state index contributed by atoms with van der Waals surface area (Å²) in [6.07, 6.45) is 6.16. The normalized spacial score (nSPS) is 13.7. The van der Waals surface area contributed by atoms with Crippen molar-refractivity contribution in [3.63, 3.8) is 0 Å². The van der Waals surface area contributed by atoms with E-state index >= 15 is 0 Å². The maximum atomic E-state index is 8.81. The van der Waals surface area contributed by atoms with Crippen LogP contribution in [-0.4, -0.2) is 38.8 Å². The fraction of sp³-hybridized carbons (Fsp3) is 0.333. The molecule has 0 radical (unpaired) electrons. The van der Waals surface area contributed by atoms with E-state index in [1.54, 1.807) is 12.5 Å². The predicted molar refractivity (Wildman–Crippen MR) is 103 cm³/mol. The third-order valence-electron chi connectivity index (χ3n) is 4.14. The average molecular weight is 398 g/mol. The minimum absolute atomic E-state index is 0.126. The van der Waals surface area contributed by atoms with E-state index in [1.807, 2.05) is 29.0 Å². The van der Waals surface area contributed by atoms with Crippen LogP contribution in [0, 0.1) is 11.3 Å². The lowest BCUT2D eigenvalue weighted by molar-refractivity contribution is 0.174. The number of fused-ring (bicyclic) bond motifs is 1. The summed E-state index contributed by atoms with van der Waals surface area (Å²) in [6.45, 7) is 2.04. The van der Waals surface area contributed by atoms with Crippen molar-refractivity contribution in [1.82, 2.24) is 24.2 Å². The summed E-state index contributed by atoms with van der Waals surface area (Å²) in [6, 6.07) is 8.04. The summed E-state index contributed by atoms with van der Waals surface area (Å²) < 4.78 is 17.3. The number of aryl methyl sites for hydroxylation is 1. The van der Waals surface area contributed by atoms with Crippen LogP contribution in [0.5, 0.6) is 11.5 Å². The molecule has 9 nitrogen and oxygen atoms in total. The van der Waals surface area contributed by atoms with Crippen LogP contribution in [0.3, 0.4) is 0 Å². The molecule has 1 aromatic carbocycles. The van der Waals surface area contributed by atoms with Crippen LogP contribution >= 0.6 is 10.7 Å². The zero-order valence-corrected chi connectivity index (χ0v) is 16.0. The molecule has 28 heavy (non-hydrogen) atoms. The van der Waals surface area contributed by atoms with Crippen LogP contribution in [0.4, 0.5) is 0 Å². The summed E-state index contributed by atoms with van der Waals surface area (Å²) >= 11 is 0.